The predicted octanol–water partition coefficient (Wildman–Crippen LogP) is 2.72. The zero-order valence-corrected chi connectivity index (χ0v) is 13.4. The average molecular weight is 307 g/mol. The number of hydrogen-bond acceptors (Lipinski definition) is 4. The van der Waals surface area contributed by atoms with Gasteiger partial charge in [-0.2, -0.15) is 0 Å². The number of rotatable bonds is 9. The number of nitrogens with one attached hydrogen (secondary N) is 1. The molecule has 0 amide bonds. The Balaban J connectivity index is 2.90. The molecule has 3 N–H and O–H groups in total. The van der Waals surface area contributed by atoms with Crippen molar-refractivity contribution in [3.63, 3.8) is 0 Å². The molecule has 0 unspecified atom stereocenters. The van der Waals surface area contributed by atoms with Crippen LogP contribution in [0.5, 0.6) is 11.5 Å². The number of phenolic OH excluding ortho intramolecular Hbond substituents is 1. The smallest absolute Gasteiger partial charge is 0.320 e. The molecule has 0 aliphatic rings. The van der Waals surface area contributed by atoms with E-state index >= 15 is 0 Å². The molecule has 122 valence electrons. The van der Waals surface area contributed by atoms with Crippen molar-refractivity contribution in [2.75, 3.05) is 7.11 Å². The summed E-state index contributed by atoms with van der Waals surface area (Å²) in [6.45, 7) is 8.04. The van der Waals surface area contributed by atoms with E-state index in [0.717, 1.165) is 5.56 Å². The molecular weight excluding hydrogens is 282 g/mol. The van der Waals surface area contributed by atoms with E-state index in [0.29, 0.717) is 36.6 Å². The van der Waals surface area contributed by atoms with Crippen molar-refractivity contribution < 1.29 is 19.7 Å². The minimum atomic E-state index is -0.856. The second kappa shape index (κ2) is 8.44. The summed E-state index contributed by atoms with van der Waals surface area (Å²) in [6.07, 6.45) is 2.78. The van der Waals surface area contributed by atoms with Gasteiger partial charge in [-0.15, -0.1) is 6.58 Å². The largest absolute Gasteiger partial charge is 0.504 e. The van der Waals surface area contributed by atoms with E-state index in [1.807, 2.05) is 19.9 Å². The summed E-state index contributed by atoms with van der Waals surface area (Å²) in [6, 6.07) is 2.95. The number of aromatic hydroxyl groups is 1. The third kappa shape index (κ3) is 5.07. The van der Waals surface area contributed by atoms with Crippen molar-refractivity contribution >= 4 is 5.97 Å². The number of carboxylic acids is 1. The van der Waals surface area contributed by atoms with Gasteiger partial charge in [0, 0.05) is 12.1 Å². The maximum Gasteiger partial charge on any atom is 0.320 e. The second-order valence-corrected chi connectivity index (χ2v) is 5.70. The van der Waals surface area contributed by atoms with E-state index in [4.69, 9.17) is 4.74 Å². The summed E-state index contributed by atoms with van der Waals surface area (Å²) in [5.41, 5.74) is 1.57. The molecule has 0 radical (unpaired) electrons. The van der Waals surface area contributed by atoms with Crippen molar-refractivity contribution in [3.8, 4) is 11.5 Å². The first-order valence-corrected chi connectivity index (χ1v) is 7.34. The standard InChI is InChI=1S/C17H25NO4/c1-5-6-13-8-12(9-15(22-4)16(13)19)10-18-14(17(20)21)7-11(2)3/h5,8-9,11,14,18-19H,1,6-7,10H2,2-4H3,(H,20,21)/t14-/m0/s1. The van der Waals surface area contributed by atoms with Gasteiger partial charge in [0.1, 0.15) is 6.04 Å². The lowest BCUT2D eigenvalue weighted by Crippen LogP contribution is -2.37. The third-order valence-electron chi connectivity index (χ3n) is 3.36. The number of ether oxygens (including phenoxy) is 1. The van der Waals surface area contributed by atoms with Crippen molar-refractivity contribution in [1.29, 1.82) is 0 Å². The molecule has 1 aromatic rings. The van der Waals surface area contributed by atoms with E-state index in [1.54, 1.807) is 12.1 Å². The van der Waals surface area contributed by atoms with Crippen LogP contribution in [-0.2, 0) is 17.8 Å². The Morgan fingerprint density at radius 3 is 2.64 bits per heavy atom. The average Bonchev–Trinajstić information content (AvgIpc) is 2.45. The molecule has 0 saturated heterocycles. The van der Waals surface area contributed by atoms with Gasteiger partial charge in [0.05, 0.1) is 7.11 Å². The zero-order valence-electron chi connectivity index (χ0n) is 13.4. The van der Waals surface area contributed by atoms with E-state index in [-0.39, 0.29) is 5.75 Å². The molecule has 0 bridgehead atoms. The number of aliphatic carboxylic acids is 1. The van der Waals surface area contributed by atoms with Gasteiger partial charge in [-0.25, -0.2) is 0 Å². The number of hydrogen-bond donors (Lipinski definition) is 3. The topological polar surface area (TPSA) is 78.8 Å². The fraction of sp³-hybridized carbons (Fsp3) is 0.471. The quantitative estimate of drug-likeness (QED) is 0.611. The first-order chi connectivity index (χ1) is 10.4. The molecule has 1 rings (SSSR count). The lowest BCUT2D eigenvalue weighted by Gasteiger charge is -2.17. The van der Waals surface area contributed by atoms with Crippen molar-refractivity contribution in [2.45, 2.75) is 39.3 Å². The maximum atomic E-state index is 11.3. The van der Waals surface area contributed by atoms with Gasteiger partial charge in [0.15, 0.2) is 11.5 Å². The van der Waals surface area contributed by atoms with Crippen LogP contribution in [-0.4, -0.2) is 29.3 Å². The van der Waals surface area contributed by atoms with Gasteiger partial charge >= 0.3 is 5.97 Å². The molecule has 5 nitrogen and oxygen atoms in total. The molecular formula is C17H25NO4. The summed E-state index contributed by atoms with van der Waals surface area (Å²) in [4.78, 5) is 11.3. The van der Waals surface area contributed by atoms with Gasteiger partial charge in [0.25, 0.3) is 0 Å². The van der Waals surface area contributed by atoms with Crippen molar-refractivity contribution in [3.05, 3.63) is 35.9 Å². The molecule has 0 aliphatic carbocycles. The fourth-order valence-electron chi connectivity index (χ4n) is 2.28. The van der Waals surface area contributed by atoms with Crippen LogP contribution < -0.4 is 10.1 Å². The number of carbonyl (C=O) groups is 1. The lowest BCUT2D eigenvalue weighted by molar-refractivity contribution is -0.140. The summed E-state index contributed by atoms with van der Waals surface area (Å²) in [5, 5.41) is 22.3. The highest BCUT2D eigenvalue weighted by atomic mass is 16.5. The van der Waals surface area contributed by atoms with Gasteiger partial charge in [-0.3, -0.25) is 4.79 Å². The monoisotopic (exact) mass is 307 g/mol. The summed E-state index contributed by atoms with van der Waals surface area (Å²) >= 11 is 0. The third-order valence-corrected chi connectivity index (χ3v) is 3.36. The van der Waals surface area contributed by atoms with Gasteiger partial charge in [0.2, 0.25) is 0 Å². The number of allylic oxidation sites excluding steroid dienone is 1. The number of carboxylic acid groups (broad SMARTS) is 1. The second-order valence-electron chi connectivity index (χ2n) is 5.70. The van der Waals surface area contributed by atoms with Crippen LogP contribution >= 0.6 is 0 Å². The molecule has 5 heteroatoms. The van der Waals surface area contributed by atoms with Crippen molar-refractivity contribution in [2.24, 2.45) is 5.92 Å². The van der Waals surface area contributed by atoms with Crippen LogP contribution in [0.1, 0.15) is 31.4 Å². The summed E-state index contributed by atoms with van der Waals surface area (Å²) in [5.74, 6) is -0.0833. The Kier molecular flexibility index (Phi) is 6.92. The van der Waals surface area contributed by atoms with E-state index in [9.17, 15) is 15.0 Å². The van der Waals surface area contributed by atoms with Crippen LogP contribution in [0.4, 0.5) is 0 Å². The molecule has 1 aromatic carbocycles. The first-order valence-electron chi connectivity index (χ1n) is 7.34. The van der Waals surface area contributed by atoms with Crippen LogP contribution in [0, 0.1) is 5.92 Å². The minimum Gasteiger partial charge on any atom is -0.504 e. The Labute approximate surface area is 131 Å². The summed E-state index contributed by atoms with van der Waals surface area (Å²) < 4.78 is 5.16. The van der Waals surface area contributed by atoms with Crippen LogP contribution in [0.25, 0.3) is 0 Å². The molecule has 0 aliphatic heterocycles. The normalized spacial score (nSPS) is 12.2. The highest BCUT2D eigenvalue weighted by Gasteiger charge is 2.18. The molecule has 0 spiro atoms. The molecule has 0 heterocycles. The Morgan fingerprint density at radius 2 is 2.14 bits per heavy atom. The Morgan fingerprint density at radius 1 is 1.45 bits per heavy atom. The van der Waals surface area contributed by atoms with E-state index in [2.05, 4.69) is 11.9 Å². The van der Waals surface area contributed by atoms with Crippen LogP contribution in [0.15, 0.2) is 24.8 Å². The Bertz CT molecular complexity index is 526. The first kappa shape index (κ1) is 18.0. The minimum absolute atomic E-state index is 0.100. The van der Waals surface area contributed by atoms with Gasteiger partial charge < -0.3 is 20.3 Å². The van der Waals surface area contributed by atoms with E-state index in [1.165, 1.54) is 7.11 Å². The molecule has 0 aromatic heterocycles. The fourth-order valence-corrected chi connectivity index (χ4v) is 2.28. The maximum absolute atomic E-state index is 11.3. The van der Waals surface area contributed by atoms with Gasteiger partial charge in [-0.1, -0.05) is 26.0 Å². The predicted molar refractivity (Wildman–Crippen MR) is 86.3 cm³/mol. The number of methoxy groups -OCH3 is 1. The zero-order chi connectivity index (χ0) is 16.7. The van der Waals surface area contributed by atoms with Crippen molar-refractivity contribution in [1.82, 2.24) is 5.32 Å². The van der Waals surface area contributed by atoms with Crippen LogP contribution in [0.3, 0.4) is 0 Å². The lowest BCUT2D eigenvalue weighted by atomic mass is 10.0. The van der Waals surface area contributed by atoms with Crippen LogP contribution in [0.2, 0.25) is 0 Å². The summed E-state index contributed by atoms with van der Waals surface area (Å²) in [7, 11) is 1.49. The molecule has 0 fully saturated rings. The highest BCUT2D eigenvalue weighted by Crippen LogP contribution is 2.32. The molecule has 22 heavy (non-hydrogen) atoms. The molecule has 1 atom stereocenters. The van der Waals surface area contributed by atoms with E-state index < -0.39 is 12.0 Å². The SMILES string of the molecule is C=CCc1cc(CN[C@@H](CC(C)C)C(=O)O)cc(OC)c1O. The number of phenols is 1. The molecule has 0 saturated carbocycles. The van der Waals surface area contributed by atoms with Gasteiger partial charge in [-0.05, 0) is 30.4 Å². The number of benzene rings is 1. The Hall–Kier alpha value is -2.01. The highest BCUT2D eigenvalue weighted by molar-refractivity contribution is 5.73.